The molecule has 2 aromatic carbocycles. The highest BCUT2D eigenvalue weighted by molar-refractivity contribution is 8.16. The highest BCUT2D eigenvalue weighted by Crippen LogP contribution is 2.44. The summed E-state index contributed by atoms with van der Waals surface area (Å²) >= 11 is 1.84. The zero-order valence-corrected chi connectivity index (χ0v) is 18.9. The molecule has 0 aromatic heterocycles. The fourth-order valence-corrected chi connectivity index (χ4v) is 4.23. The summed E-state index contributed by atoms with van der Waals surface area (Å²) in [7, 11) is 4.14. The summed E-state index contributed by atoms with van der Waals surface area (Å²) in [6, 6.07) is 21.3. The van der Waals surface area contributed by atoms with Crippen molar-refractivity contribution < 1.29 is 28.6 Å². The van der Waals surface area contributed by atoms with Gasteiger partial charge < -0.3 is 24.0 Å². The third-order valence-electron chi connectivity index (χ3n) is 4.63. The number of thioether (sulfide) groups is 1. The first kappa shape index (κ1) is 20.6. The first-order chi connectivity index (χ1) is 13.2. The molecule has 3 heteroatoms. The molecule has 0 atom stereocenters. The molecule has 2 aliphatic rings. The molecule has 1 aliphatic carbocycles. The average molecular weight is 495 g/mol. The second-order valence-corrected chi connectivity index (χ2v) is 7.83. The van der Waals surface area contributed by atoms with Crippen LogP contribution < -0.4 is 24.0 Å². The van der Waals surface area contributed by atoms with Gasteiger partial charge in [0, 0.05) is 22.0 Å². The lowest BCUT2D eigenvalue weighted by Gasteiger charge is -2.18. The molecule has 28 heavy (non-hydrogen) atoms. The summed E-state index contributed by atoms with van der Waals surface area (Å²) in [4.78, 5) is 2.56. The topological polar surface area (TPSA) is 3.01 Å². The molecule has 4 rings (SSSR count). The van der Waals surface area contributed by atoms with Crippen LogP contribution in [0, 0.1) is 0 Å². The molecule has 0 fully saturated rings. The Morgan fingerprint density at radius 1 is 0.607 bits per heavy atom. The molecule has 0 saturated carbocycles. The quantitative estimate of drug-likeness (QED) is 0.458. The van der Waals surface area contributed by atoms with Gasteiger partial charge in [-0.1, -0.05) is 72.4 Å². The minimum absolute atomic E-state index is 0. The highest BCUT2D eigenvalue weighted by atomic mass is 127. The van der Waals surface area contributed by atoms with Gasteiger partial charge in [-0.25, -0.2) is 4.58 Å². The Morgan fingerprint density at radius 2 is 1.07 bits per heavy atom. The van der Waals surface area contributed by atoms with E-state index in [9.17, 15) is 0 Å². The molecule has 0 bridgehead atoms. The lowest BCUT2D eigenvalue weighted by Crippen LogP contribution is -3.00. The monoisotopic (exact) mass is 495 g/mol. The molecule has 1 heterocycles. The van der Waals surface area contributed by atoms with E-state index in [1.54, 1.807) is 0 Å². The summed E-state index contributed by atoms with van der Waals surface area (Å²) in [6.45, 7) is 0. The third kappa shape index (κ3) is 4.65. The number of hydrogen-bond donors (Lipinski definition) is 0. The van der Waals surface area contributed by atoms with Crippen molar-refractivity contribution in [3.05, 3.63) is 119 Å². The zero-order chi connectivity index (χ0) is 18.6. The van der Waals surface area contributed by atoms with E-state index < -0.39 is 0 Å². The van der Waals surface area contributed by atoms with Crippen molar-refractivity contribution in [1.29, 1.82) is 0 Å². The van der Waals surface area contributed by atoms with E-state index in [1.165, 1.54) is 37.8 Å². The van der Waals surface area contributed by atoms with Gasteiger partial charge in [-0.2, -0.15) is 0 Å². The van der Waals surface area contributed by atoms with Crippen molar-refractivity contribution in [2.45, 2.75) is 0 Å². The fourth-order valence-electron chi connectivity index (χ4n) is 3.11. The van der Waals surface area contributed by atoms with Crippen LogP contribution in [-0.4, -0.2) is 24.4 Å². The molecule has 0 N–H and O–H groups in total. The molecule has 140 valence electrons. The maximum Gasteiger partial charge on any atom is 0.199 e. The van der Waals surface area contributed by atoms with E-state index >= 15 is 0 Å². The van der Waals surface area contributed by atoms with Crippen LogP contribution in [0.1, 0.15) is 11.1 Å². The van der Waals surface area contributed by atoms with Gasteiger partial charge in [-0.05, 0) is 46.6 Å². The second kappa shape index (κ2) is 9.39. The van der Waals surface area contributed by atoms with E-state index in [1.807, 2.05) is 11.8 Å². The molecule has 0 spiro atoms. The predicted octanol–water partition coefficient (Wildman–Crippen LogP) is 2.96. The highest BCUT2D eigenvalue weighted by Gasteiger charge is 2.16. The summed E-state index contributed by atoms with van der Waals surface area (Å²) < 4.78 is 2.13. The molecular weight excluding hydrogens is 473 g/mol. The van der Waals surface area contributed by atoms with Crippen molar-refractivity contribution in [1.82, 2.24) is 0 Å². The van der Waals surface area contributed by atoms with Gasteiger partial charge >= 0.3 is 0 Å². The number of nitrogens with zero attached hydrogens (tertiary/aromatic N) is 1. The number of halogens is 1. The van der Waals surface area contributed by atoms with Gasteiger partial charge in [0.1, 0.15) is 14.1 Å². The predicted molar refractivity (Wildman–Crippen MR) is 119 cm³/mol. The Kier molecular flexibility index (Phi) is 6.92. The molecule has 0 unspecified atom stereocenters. The summed E-state index contributed by atoms with van der Waals surface area (Å²) in [6.07, 6.45) is 13.4. The van der Waals surface area contributed by atoms with Crippen LogP contribution in [0.5, 0.6) is 0 Å². The standard InChI is InChI=1S/C25H22NS.HI/c1-26(2)23-15-13-19(14-16-23)22-17-24(20-9-5-3-6-10-20)27-25(18-22)21-11-7-4-8-12-21;/h3-18H,1-2H3;1H/q+1;/p-1. The van der Waals surface area contributed by atoms with Gasteiger partial charge in [0.15, 0.2) is 5.71 Å². The number of allylic oxidation sites excluding steroid dienone is 8. The lowest BCUT2D eigenvalue weighted by atomic mass is 9.99. The third-order valence-corrected chi connectivity index (χ3v) is 5.77. The van der Waals surface area contributed by atoms with Crippen molar-refractivity contribution in [2.75, 3.05) is 14.1 Å². The van der Waals surface area contributed by atoms with Gasteiger partial charge in [0.05, 0.1) is 0 Å². The fraction of sp³-hybridized carbons (Fsp3) is 0.0800. The number of rotatable bonds is 2. The van der Waals surface area contributed by atoms with Gasteiger partial charge in [0.25, 0.3) is 0 Å². The Morgan fingerprint density at radius 3 is 1.50 bits per heavy atom. The average Bonchev–Trinajstić information content (AvgIpc) is 2.75. The molecule has 1 aliphatic heterocycles. The largest absolute Gasteiger partial charge is 1.00 e. The smallest absolute Gasteiger partial charge is 0.199 e. The van der Waals surface area contributed by atoms with E-state index in [4.69, 9.17) is 0 Å². The molecule has 0 radical (unpaired) electrons. The Labute approximate surface area is 188 Å². The Balaban J connectivity index is 0.00000225. The van der Waals surface area contributed by atoms with Gasteiger partial charge in [0.2, 0.25) is 0 Å². The van der Waals surface area contributed by atoms with Crippen LogP contribution in [0.25, 0.3) is 9.81 Å². The van der Waals surface area contributed by atoms with Crippen LogP contribution in [0.3, 0.4) is 0 Å². The van der Waals surface area contributed by atoms with E-state index in [2.05, 4.69) is 116 Å². The van der Waals surface area contributed by atoms with Crippen LogP contribution >= 0.6 is 11.8 Å². The van der Waals surface area contributed by atoms with Crippen molar-refractivity contribution in [2.24, 2.45) is 0 Å². The minimum Gasteiger partial charge on any atom is -1.00 e. The number of benzene rings is 2. The van der Waals surface area contributed by atoms with Gasteiger partial charge in [-0.15, -0.1) is 0 Å². The SMILES string of the molecule is C[N+](C)=C1C=CC(=C2C=C(c3ccccc3)SC(c3ccccc3)=C2)C=C1.[I-]. The maximum atomic E-state index is 2.30. The van der Waals surface area contributed by atoms with Crippen LogP contribution in [0.2, 0.25) is 0 Å². The summed E-state index contributed by atoms with van der Waals surface area (Å²) in [5.74, 6) is 0. The first-order valence-corrected chi connectivity index (χ1v) is 9.89. The Hall–Kier alpha value is -2.11. The summed E-state index contributed by atoms with van der Waals surface area (Å²) in [5.41, 5.74) is 6.21. The maximum absolute atomic E-state index is 2.30. The molecule has 1 nitrogen and oxygen atoms in total. The van der Waals surface area contributed by atoms with Crippen molar-refractivity contribution in [3.8, 4) is 0 Å². The first-order valence-electron chi connectivity index (χ1n) is 9.07. The van der Waals surface area contributed by atoms with E-state index in [0.29, 0.717) is 0 Å². The molecule has 2 aromatic rings. The zero-order valence-electron chi connectivity index (χ0n) is 16.0. The molecule has 0 saturated heterocycles. The van der Waals surface area contributed by atoms with Crippen LogP contribution in [-0.2, 0) is 0 Å². The normalized spacial score (nSPS) is 15.7. The van der Waals surface area contributed by atoms with Crippen molar-refractivity contribution in [3.63, 3.8) is 0 Å². The lowest BCUT2D eigenvalue weighted by molar-refractivity contribution is -0.462. The van der Waals surface area contributed by atoms with Crippen LogP contribution in [0.4, 0.5) is 0 Å². The molecule has 0 amide bonds. The number of hydrogen-bond acceptors (Lipinski definition) is 1. The second-order valence-electron chi connectivity index (χ2n) is 6.75. The van der Waals surface area contributed by atoms with Crippen LogP contribution in [0.15, 0.2) is 108 Å². The minimum atomic E-state index is 0. The Bertz CT molecular complexity index is 959. The van der Waals surface area contributed by atoms with E-state index in [-0.39, 0.29) is 24.0 Å². The van der Waals surface area contributed by atoms with Gasteiger partial charge in [-0.3, -0.25) is 0 Å². The summed E-state index contributed by atoms with van der Waals surface area (Å²) in [5, 5.41) is 0. The van der Waals surface area contributed by atoms with Crippen molar-refractivity contribution >= 4 is 27.3 Å². The molecular formula is C25H22INS. The van der Waals surface area contributed by atoms with E-state index in [0.717, 1.165) is 0 Å².